The van der Waals surface area contributed by atoms with Crippen molar-refractivity contribution >= 4 is 21.6 Å². The van der Waals surface area contributed by atoms with Crippen molar-refractivity contribution in [2.24, 2.45) is 5.92 Å². The maximum atomic E-state index is 12.2. The van der Waals surface area contributed by atoms with Crippen molar-refractivity contribution in [3.05, 3.63) is 21.0 Å². The Morgan fingerprint density at radius 2 is 2.37 bits per heavy atom. The van der Waals surface area contributed by atoms with Gasteiger partial charge in [-0.05, 0) is 41.7 Å². The first-order chi connectivity index (χ1) is 8.91. The Balaban J connectivity index is 2.23. The first-order valence-corrected chi connectivity index (χ1v) is 7.45. The monoisotopic (exact) mass is 328 g/mol. The summed E-state index contributed by atoms with van der Waals surface area (Å²) >= 11 is 3.40. The van der Waals surface area contributed by atoms with E-state index < -0.39 is 0 Å². The number of nitrogens with one attached hydrogen (secondary N) is 2. The summed E-state index contributed by atoms with van der Waals surface area (Å²) in [6, 6.07) is 0. The zero-order valence-electron chi connectivity index (χ0n) is 11.7. The van der Waals surface area contributed by atoms with Gasteiger partial charge in [-0.15, -0.1) is 0 Å². The molecule has 1 aromatic rings. The zero-order chi connectivity index (χ0) is 14.0. The lowest BCUT2D eigenvalue weighted by atomic mass is 10.0. The number of hydrogen-bond donors (Lipinski definition) is 2. The fraction of sp³-hybridized carbons (Fsp3) is 0.692. The summed E-state index contributed by atoms with van der Waals surface area (Å²) in [5, 5.41) is 11.0. The molecule has 0 saturated carbocycles. The topological polar surface area (TPSA) is 59.0 Å². The fourth-order valence-electron chi connectivity index (χ4n) is 2.28. The molecular formula is C13H21BrN4O. The second-order valence-corrected chi connectivity index (χ2v) is 6.66. The van der Waals surface area contributed by atoms with Crippen LogP contribution in [0.4, 0.5) is 5.69 Å². The van der Waals surface area contributed by atoms with Crippen LogP contribution >= 0.6 is 15.9 Å². The van der Waals surface area contributed by atoms with Crippen LogP contribution in [-0.2, 0) is 6.54 Å². The van der Waals surface area contributed by atoms with Crippen molar-refractivity contribution in [3.8, 4) is 0 Å². The van der Waals surface area contributed by atoms with E-state index in [4.69, 9.17) is 0 Å². The third-order valence-electron chi connectivity index (χ3n) is 3.33. The molecular weight excluding hydrogens is 308 g/mol. The minimum atomic E-state index is -0.0757. The van der Waals surface area contributed by atoms with E-state index in [2.05, 4.69) is 52.4 Å². The van der Waals surface area contributed by atoms with Crippen molar-refractivity contribution in [1.29, 1.82) is 0 Å². The van der Waals surface area contributed by atoms with Gasteiger partial charge in [-0.25, -0.2) is 4.68 Å². The Hall–Kier alpha value is -0.880. The minimum Gasteiger partial charge on any atom is -0.376 e. The number of nitrogens with zero attached hydrogens (tertiary/aromatic N) is 2. The Labute approximate surface area is 121 Å². The molecule has 2 N–H and O–H groups in total. The van der Waals surface area contributed by atoms with Gasteiger partial charge in [0, 0.05) is 18.6 Å². The minimum absolute atomic E-state index is 0.0130. The molecule has 0 amide bonds. The Morgan fingerprint density at radius 3 is 2.95 bits per heavy atom. The molecule has 0 radical (unpaired) electrons. The van der Waals surface area contributed by atoms with Gasteiger partial charge in [0.2, 0.25) is 0 Å². The van der Waals surface area contributed by atoms with Gasteiger partial charge in [-0.2, -0.15) is 5.10 Å². The molecule has 0 spiro atoms. The number of anilines is 1. The highest BCUT2D eigenvalue weighted by molar-refractivity contribution is 9.10. The summed E-state index contributed by atoms with van der Waals surface area (Å²) in [7, 11) is 0. The standard InChI is InChI=1S/C13H21BrN4O/c1-9(2)7-18-12(19)11(14)10(6-16-18)17-13(3)4-5-15-8-13/h6,9,15,17H,4-5,7-8H2,1-3H3. The van der Waals surface area contributed by atoms with Crippen LogP contribution in [0.1, 0.15) is 27.2 Å². The first kappa shape index (κ1) is 14.5. The van der Waals surface area contributed by atoms with E-state index in [1.165, 1.54) is 4.68 Å². The smallest absolute Gasteiger partial charge is 0.283 e. The van der Waals surface area contributed by atoms with Crippen LogP contribution in [0.2, 0.25) is 0 Å². The van der Waals surface area contributed by atoms with Gasteiger partial charge in [0.25, 0.3) is 5.56 Å². The van der Waals surface area contributed by atoms with Crippen LogP contribution in [0.3, 0.4) is 0 Å². The van der Waals surface area contributed by atoms with Gasteiger partial charge in [-0.3, -0.25) is 4.79 Å². The van der Waals surface area contributed by atoms with Gasteiger partial charge in [0.05, 0.1) is 11.9 Å². The van der Waals surface area contributed by atoms with Crippen molar-refractivity contribution in [2.45, 2.75) is 39.3 Å². The predicted molar refractivity (Wildman–Crippen MR) is 80.5 cm³/mol. The summed E-state index contributed by atoms with van der Waals surface area (Å²) in [6.07, 6.45) is 2.77. The summed E-state index contributed by atoms with van der Waals surface area (Å²) in [5.41, 5.74) is 0.686. The van der Waals surface area contributed by atoms with E-state index in [0.29, 0.717) is 16.9 Å². The van der Waals surface area contributed by atoms with E-state index >= 15 is 0 Å². The van der Waals surface area contributed by atoms with E-state index in [0.717, 1.165) is 25.2 Å². The molecule has 2 heterocycles. The lowest BCUT2D eigenvalue weighted by Crippen LogP contribution is -2.38. The molecule has 1 unspecified atom stereocenters. The number of aromatic nitrogens is 2. The highest BCUT2D eigenvalue weighted by atomic mass is 79.9. The number of halogens is 1. The van der Waals surface area contributed by atoms with Crippen LogP contribution in [0, 0.1) is 5.92 Å². The average molecular weight is 329 g/mol. The largest absolute Gasteiger partial charge is 0.376 e. The summed E-state index contributed by atoms with van der Waals surface area (Å²) in [5.74, 6) is 0.396. The summed E-state index contributed by atoms with van der Waals surface area (Å²) in [6.45, 7) is 8.82. The van der Waals surface area contributed by atoms with Crippen LogP contribution in [0.15, 0.2) is 15.5 Å². The molecule has 6 heteroatoms. The third-order valence-corrected chi connectivity index (χ3v) is 4.09. The normalized spacial score (nSPS) is 23.0. The third kappa shape index (κ3) is 3.36. The van der Waals surface area contributed by atoms with E-state index in [1.54, 1.807) is 6.20 Å². The van der Waals surface area contributed by atoms with Crippen LogP contribution in [0.25, 0.3) is 0 Å². The SMILES string of the molecule is CC(C)Cn1ncc(NC2(C)CCNC2)c(Br)c1=O. The zero-order valence-corrected chi connectivity index (χ0v) is 13.2. The molecule has 1 aromatic heterocycles. The fourth-order valence-corrected chi connectivity index (χ4v) is 2.68. The van der Waals surface area contributed by atoms with Gasteiger partial charge in [0.1, 0.15) is 4.47 Å². The van der Waals surface area contributed by atoms with Gasteiger partial charge in [-0.1, -0.05) is 13.8 Å². The first-order valence-electron chi connectivity index (χ1n) is 6.66. The van der Waals surface area contributed by atoms with E-state index in [-0.39, 0.29) is 11.1 Å². The predicted octanol–water partition coefficient (Wildman–Crippen LogP) is 1.83. The Kier molecular flexibility index (Phi) is 4.30. The number of hydrogen-bond acceptors (Lipinski definition) is 4. The quantitative estimate of drug-likeness (QED) is 0.885. The van der Waals surface area contributed by atoms with Crippen molar-refractivity contribution in [3.63, 3.8) is 0 Å². The van der Waals surface area contributed by atoms with Crippen LogP contribution in [0.5, 0.6) is 0 Å². The second-order valence-electron chi connectivity index (χ2n) is 5.87. The van der Waals surface area contributed by atoms with Crippen LogP contribution in [-0.4, -0.2) is 28.4 Å². The summed E-state index contributed by atoms with van der Waals surface area (Å²) < 4.78 is 2.08. The molecule has 0 aliphatic carbocycles. The van der Waals surface area contributed by atoms with Crippen molar-refractivity contribution < 1.29 is 0 Å². The lowest BCUT2D eigenvalue weighted by Gasteiger charge is -2.26. The molecule has 0 bridgehead atoms. The molecule has 0 aromatic carbocycles. The molecule has 1 saturated heterocycles. The Morgan fingerprint density at radius 1 is 1.63 bits per heavy atom. The molecule has 1 aliphatic rings. The van der Waals surface area contributed by atoms with Gasteiger partial charge < -0.3 is 10.6 Å². The Bertz CT molecular complexity index is 506. The van der Waals surface area contributed by atoms with Crippen molar-refractivity contribution in [1.82, 2.24) is 15.1 Å². The maximum Gasteiger partial charge on any atom is 0.283 e. The van der Waals surface area contributed by atoms with E-state index in [1.807, 2.05) is 0 Å². The molecule has 1 atom stereocenters. The highest BCUT2D eigenvalue weighted by Gasteiger charge is 2.29. The highest BCUT2D eigenvalue weighted by Crippen LogP contribution is 2.24. The van der Waals surface area contributed by atoms with E-state index in [9.17, 15) is 4.79 Å². The van der Waals surface area contributed by atoms with Gasteiger partial charge in [0.15, 0.2) is 0 Å². The average Bonchev–Trinajstić information content (AvgIpc) is 2.75. The molecule has 1 fully saturated rings. The van der Waals surface area contributed by atoms with Crippen molar-refractivity contribution in [2.75, 3.05) is 18.4 Å². The molecule has 1 aliphatic heterocycles. The molecule has 2 rings (SSSR count). The molecule has 106 valence electrons. The summed E-state index contributed by atoms with van der Waals surface area (Å²) in [4.78, 5) is 12.2. The van der Waals surface area contributed by atoms with Gasteiger partial charge >= 0.3 is 0 Å². The number of rotatable bonds is 4. The van der Waals surface area contributed by atoms with Crippen LogP contribution < -0.4 is 16.2 Å². The molecule has 19 heavy (non-hydrogen) atoms. The molecule has 5 nitrogen and oxygen atoms in total. The lowest BCUT2D eigenvalue weighted by molar-refractivity contribution is 0.461. The maximum absolute atomic E-state index is 12.2. The second kappa shape index (κ2) is 5.63.